The maximum absolute atomic E-state index is 13.4. The minimum absolute atomic E-state index is 0.333. The summed E-state index contributed by atoms with van der Waals surface area (Å²) >= 11 is 0. The number of hydrogen-bond donors (Lipinski definition) is 2. The molecule has 7 heteroatoms. The van der Waals surface area contributed by atoms with Crippen LogP contribution in [0, 0.1) is 11.6 Å². The smallest absolute Gasteiger partial charge is 0.257 e. The van der Waals surface area contributed by atoms with Gasteiger partial charge in [-0.3, -0.25) is 4.79 Å². The first-order valence-corrected chi connectivity index (χ1v) is 7.95. The Morgan fingerprint density at radius 3 is 2.80 bits per heavy atom. The number of aromatic amines is 1. The van der Waals surface area contributed by atoms with Crippen molar-refractivity contribution in [2.75, 3.05) is 11.9 Å². The van der Waals surface area contributed by atoms with E-state index >= 15 is 0 Å². The highest BCUT2D eigenvalue weighted by atomic mass is 19.2. The number of nitrogens with one attached hydrogen (secondary N) is 2. The van der Waals surface area contributed by atoms with E-state index < -0.39 is 17.5 Å². The third-order valence-corrected chi connectivity index (χ3v) is 3.72. The summed E-state index contributed by atoms with van der Waals surface area (Å²) in [4.78, 5) is 19.2. The second-order valence-electron chi connectivity index (χ2n) is 5.56. The van der Waals surface area contributed by atoms with Crippen LogP contribution in [-0.2, 0) is 0 Å². The van der Waals surface area contributed by atoms with E-state index in [4.69, 9.17) is 4.74 Å². The molecule has 0 unspecified atom stereocenters. The first-order chi connectivity index (χ1) is 12.1. The number of carbonyl (C=O) groups excluding carboxylic acids is 1. The molecule has 3 rings (SSSR count). The molecule has 1 aromatic carbocycles. The van der Waals surface area contributed by atoms with E-state index in [0.29, 0.717) is 34.6 Å². The quantitative estimate of drug-likeness (QED) is 0.656. The maximum atomic E-state index is 13.4. The van der Waals surface area contributed by atoms with Gasteiger partial charge in [0.25, 0.3) is 5.91 Å². The molecule has 5 nitrogen and oxygen atoms in total. The summed E-state index contributed by atoms with van der Waals surface area (Å²) < 4.78 is 32.1. The van der Waals surface area contributed by atoms with Gasteiger partial charge in [-0.25, -0.2) is 13.8 Å². The van der Waals surface area contributed by atoms with E-state index in [-0.39, 0.29) is 0 Å². The van der Waals surface area contributed by atoms with Crippen LogP contribution in [0.15, 0.2) is 36.7 Å². The number of hydrogen-bond acceptors (Lipinski definition) is 3. The molecule has 130 valence electrons. The van der Waals surface area contributed by atoms with E-state index in [2.05, 4.69) is 22.2 Å². The normalized spacial score (nSPS) is 10.8. The molecule has 25 heavy (non-hydrogen) atoms. The predicted molar refractivity (Wildman–Crippen MR) is 90.8 cm³/mol. The van der Waals surface area contributed by atoms with Crippen molar-refractivity contribution in [3.8, 4) is 5.88 Å². The average molecular weight is 345 g/mol. The lowest BCUT2D eigenvalue weighted by Crippen LogP contribution is -2.12. The molecule has 2 aromatic heterocycles. The lowest BCUT2D eigenvalue weighted by Gasteiger charge is -2.06. The highest BCUT2D eigenvalue weighted by Crippen LogP contribution is 2.26. The van der Waals surface area contributed by atoms with Gasteiger partial charge in [0.2, 0.25) is 5.88 Å². The average Bonchev–Trinajstić information content (AvgIpc) is 2.98. The summed E-state index contributed by atoms with van der Waals surface area (Å²) in [5.74, 6) is -1.87. The minimum atomic E-state index is -0.974. The predicted octanol–water partition coefficient (Wildman–Crippen LogP) is 4.27. The monoisotopic (exact) mass is 345 g/mol. The van der Waals surface area contributed by atoms with E-state index in [9.17, 15) is 13.6 Å². The molecule has 0 saturated heterocycles. The lowest BCUT2D eigenvalue weighted by molar-refractivity contribution is 0.102. The molecule has 0 saturated carbocycles. The molecule has 0 bridgehead atoms. The topological polar surface area (TPSA) is 67.0 Å². The van der Waals surface area contributed by atoms with Crippen LogP contribution >= 0.6 is 0 Å². The molecule has 1 amide bonds. The molecule has 2 heterocycles. The van der Waals surface area contributed by atoms with Gasteiger partial charge in [0, 0.05) is 29.9 Å². The Balaban J connectivity index is 1.73. The molecular weight excluding hydrogens is 328 g/mol. The van der Waals surface area contributed by atoms with Crippen molar-refractivity contribution < 1.29 is 18.3 Å². The molecule has 2 N–H and O–H groups in total. The summed E-state index contributed by atoms with van der Waals surface area (Å²) in [5.41, 5.74) is 1.09. The van der Waals surface area contributed by atoms with Crippen molar-refractivity contribution in [3.05, 3.63) is 53.9 Å². The van der Waals surface area contributed by atoms with Gasteiger partial charge in [-0.15, -0.1) is 0 Å². The molecular formula is C18H17F2N3O2. The Bertz CT molecular complexity index is 891. The molecule has 0 fully saturated rings. The lowest BCUT2D eigenvalue weighted by atomic mass is 10.2. The van der Waals surface area contributed by atoms with Crippen molar-refractivity contribution in [2.24, 2.45) is 0 Å². The zero-order chi connectivity index (χ0) is 17.8. The van der Waals surface area contributed by atoms with Gasteiger partial charge in [0.05, 0.1) is 23.4 Å². The van der Waals surface area contributed by atoms with Crippen molar-refractivity contribution >= 4 is 22.5 Å². The van der Waals surface area contributed by atoms with Crippen LogP contribution in [0.4, 0.5) is 14.5 Å². The minimum Gasteiger partial charge on any atom is -0.478 e. The van der Waals surface area contributed by atoms with E-state index in [1.54, 1.807) is 12.1 Å². The molecule has 0 aliphatic rings. The molecule has 0 spiro atoms. The molecule has 0 aliphatic carbocycles. The first-order valence-electron chi connectivity index (χ1n) is 7.95. The van der Waals surface area contributed by atoms with Gasteiger partial charge < -0.3 is 15.0 Å². The standard InChI is InChI=1S/C18H17F2N3O2/c1-2-3-6-25-17-5-4-11(9-22-17)18(24)23-16-10-21-15-8-14(20)13(19)7-12(15)16/h4-5,7-10,21H,2-3,6H2,1H3,(H,23,24). The van der Waals surface area contributed by atoms with E-state index in [1.807, 2.05) is 0 Å². The van der Waals surface area contributed by atoms with Crippen molar-refractivity contribution in [2.45, 2.75) is 19.8 Å². The number of pyridine rings is 1. The van der Waals surface area contributed by atoms with Crippen LogP contribution < -0.4 is 10.1 Å². The van der Waals surface area contributed by atoms with Gasteiger partial charge in [0.15, 0.2) is 11.6 Å². The number of rotatable bonds is 6. The zero-order valence-corrected chi connectivity index (χ0v) is 13.6. The number of amides is 1. The van der Waals surface area contributed by atoms with Crippen LogP contribution in [0.5, 0.6) is 5.88 Å². The summed E-state index contributed by atoms with van der Waals surface area (Å²) in [5, 5.41) is 3.05. The van der Waals surface area contributed by atoms with Crippen molar-refractivity contribution in [3.63, 3.8) is 0 Å². The number of aromatic nitrogens is 2. The van der Waals surface area contributed by atoms with Gasteiger partial charge in [-0.2, -0.15) is 0 Å². The third-order valence-electron chi connectivity index (χ3n) is 3.72. The number of ether oxygens (including phenoxy) is 1. The van der Waals surface area contributed by atoms with E-state index in [1.165, 1.54) is 12.4 Å². The Labute approximate surface area is 143 Å². The van der Waals surface area contributed by atoms with Crippen molar-refractivity contribution in [1.82, 2.24) is 9.97 Å². The molecule has 3 aromatic rings. The van der Waals surface area contributed by atoms with Crippen LogP contribution in [0.2, 0.25) is 0 Å². The Kier molecular flexibility index (Phi) is 4.92. The van der Waals surface area contributed by atoms with Crippen LogP contribution in [0.1, 0.15) is 30.1 Å². The van der Waals surface area contributed by atoms with Gasteiger partial charge >= 0.3 is 0 Å². The van der Waals surface area contributed by atoms with Gasteiger partial charge in [-0.05, 0) is 18.6 Å². The van der Waals surface area contributed by atoms with Crippen LogP contribution in [0.3, 0.4) is 0 Å². The number of fused-ring (bicyclic) bond motifs is 1. The Morgan fingerprint density at radius 1 is 1.28 bits per heavy atom. The van der Waals surface area contributed by atoms with Gasteiger partial charge in [0.1, 0.15) is 0 Å². The number of unbranched alkanes of at least 4 members (excludes halogenated alkanes) is 1. The SMILES string of the molecule is CCCCOc1ccc(C(=O)Nc2c[nH]c3cc(F)c(F)cc23)cn1. The third kappa shape index (κ3) is 3.76. The number of halogens is 2. The number of benzene rings is 1. The first kappa shape index (κ1) is 16.9. The number of H-pyrrole nitrogens is 1. The zero-order valence-electron chi connectivity index (χ0n) is 13.6. The van der Waals surface area contributed by atoms with Crippen molar-refractivity contribution in [1.29, 1.82) is 0 Å². The second kappa shape index (κ2) is 7.29. The molecule has 0 radical (unpaired) electrons. The fourth-order valence-electron chi connectivity index (χ4n) is 2.34. The highest BCUT2D eigenvalue weighted by molar-refractivity contribution is 6.08. The summed E-state index contributed by atoms with van der Waals surface area (Å²) in [6.07, 6.45) is 4.85. The maximum Gasteiger partial charge on any atom is 0.257 e. The van der Waals surface area contributed by atoms with Gasteiger partial charge in [-0.1, -0.05) is 13.3 Å². The molecule has 0 aliphatic heterocycles. The molecule has 0 atom stereocenters. The Morgan fingerprint density at radius 2 is 2.08 bits per heavy atom. The highest BCUT2D eigenvalue weighted by Gasteiger charge is 2.13. The second-order valence-corrected chi connectivity index (χ2v) is 5.56. The largest absolute Gasteiger partial charge is 0.478 e. The van der Waals surface area contributed by atoms with Crippen LogP contribution in [0.25, 0.3) is 10.9 Å². The Hall–Kier alpha value is -2.96. The summed E-state index contributed by atoms with van der Waals surface area (Å²) in [6.45, 7) is 2.64. The summed E-state index contributed by atoms with van der Waals surface area (Å²) in [7, 11) is 0. The van der Waals surface area contributed by atoms with E-state index in [0.717, 1.165) is 25.0 Å². The fourth-order valence-corrected chi connectivity index (χ4v) is 2.34. The number of carbonyl (C=O) groups is 1. The fraction of sp³-hybridized carbons (Fsp3) is 0.222. The van der Waals surface area contributed by atoms with Crippen LogP contribution in [-0.4, -0.2) is 22.5 Å². The number of anilines is 1. The number of nitrogens with zero attached hydrogens (tertiary/aromatic N) is 1. The summed E-state index contributed by atoms with van der Waals surface area (Å²) in [6, 6.07) is 5.30.